The number of methoxy groups -OCH3 is 1. The lowest BCUT2D eigenvalue weighted by Gasteiger charge is -2.05. The minimum absolute atomic E-state index is 0.211. The Balaban J connectivity index is 1.67. The third kappa shape index (κ3) is 4.71. The summed E-state index contributed by atoms with van der Waals surface area (Å²) in [5.74, 6) is 1.02. The maximum Gasteiger partial charge on any atom is 0.250 e. The van der Waals surface area contributed by atoms with Crippen molar-refractivity contribution in [2.45, 2.75) is 32.6 Å². The molecule has 1 amide bonds. The number of benzene rings is 2. The molecule has 0 bridgehead atoms. The number of hydrogen-bond acceptors (Lipinski definition) is 5. The number of hydrogen-bond donors (Lipinski definition) is 1. The van der Waals surface area contributed by atoms with Crippen LogP contribution in [0.3, 0.4) is 0 Å². The minimum Gasteiger partial charge on any atom is -0.497 e. The summed E-state index contributed by atoms with van der Waals surface area (Å²) < 4.78 is 5.24. The summed E-state index contributed by atoms with van der Waals surface area (Å²) >= 11 is 1.45. The lowest BCUT2D eigenvalue weighted by atomic mass is 10.1. The molecule has 3 aromatic rings. The molecule has 0 radical (unpaired) electrons. The number of ether oxygens (including phenoxy) is 1. The van der Waals surface area contributed by atoms with Gasteiger partial charge < -0.3 is 4.74 Å². The van der Waals surface area contributed by atoms with Crippen LogP contribution in [-0.2, 0) is 4.79 Å². The number of rotatable bonds is 7. The highest BCUT2D eigenvalue weighted by molar-refractivity contribution is 7.15. The number of fused-ring (bicyclic) bond motifs is 1. The second kappa shape index (κ2) is 8.77. The first-order valence-corrected chi connectivity index (χ1v) is 9.84. The molecule has 3 rings (SSSR count). The number of anilines is 1. The SMILES string of the molecule is CCC(CC)c1nnc(NC(=O)/C=C/c2ccc3cc(OC)ccc3c2)s1. The fourth-order valence-electron chi connectivity index (χ4n) is 2.88. The minimum atomic E-state index is -0.211. The summed E-state index contributed by atoms with van der Waals surface area (Å²) in [7, 11) is 1.66. The fraction of sp³-hybridized carbons (Fsp3) is 0.286. The summed E-state index contributed by atoms with van der Waals surface area (Å²) in [5, 5.41) is 14.8. The standard InChI is InChI=1S/C21H23N3O2S/c1-4-15(5-2)20-23-24-21(27-20)22-19(25)11-7-14-6-8-17-13-18(26-3)10-9-16(17)12-14/h6-13,15H,4-5H2,1-3H3,(H,22,24,25)/b11-7+. The van der Waals surface area contributed by atoms with Crippen LogP contribution in [0.15, 0.2) is 42.5 Å². The molecular weight excluding hydrogens is 358 g/mol. The van der Waals surface area contributed by atoms with Crippen molar-refractivity contribution in [1.82, 2.24) is 10.2 Å². The summed E-state index contributed by atoms with van der Waals surface area (Å²) in [4.78, 5) is 12.2. The van der Waals surface area contributed by atoms with Crippen LogP contribution in [0.4, 0.5) is 5.13 Å². The van der Waals surface area contributed by atoms with Crippen LogP contribution in [0.5, 0.6) is 5.75 Å². The lowest BCUT2D eigenvalue weighted by Crippen LogP contribution is -2.07. The summed E-state index contributed by atoms with van der Waals surface area (Å²) in [6.45, 7) is 4.27. The Morgan fingerprint density at radius 2 is 1.89 bits per heavy atom. The van der Waals surface area contributed by atoms with Crippen LogP contribution in [0.1, 0.15) is 43.2 Å². The number of amides is 1. The van der Waals surface area contributed by atoms with Gasteiger partial charge in [0.05, 0.1) is 7.11 Å². The van der Waals surface area contributed by atoms with Gasteiger partial charge in [0, 0.05) is 12.0 Å². The molecule has 140 valence electrons. The lowest BCUT2D eigenvalue weighted by molar-refractivity contribution is -0.111. The monoisotopic (exact) mass is 381 g/mol. The van der Waals surface area contributed by atoms with Gasteiger partial charge in [-0.1, -0.05) is 43.4 Å². The van der Waals surface area contributed by atoms with Crippen molar-refractivity contribution in [2.24, 2.45) is 0 Å². The van der Waals surface area contributed by atoms with Crippen molar-refractivity contribution >= 4 is 39.2 Å². The molecule has 0 saturated heterocycles. The summed E-state index contributed by atoms with van der Waals surface area (Å²) in [6.07, 6.45) is 5.35. The van der Waals surface area contributed by atoms with Gasteiger partial charge in [0.25, 0.3) is 0 Å². The average molecular weight is 382 g/mol. The number of nitrogens with zero attached hydrogens (tertiary/aromatic N) is 2. The molecule has 0 atom stereocenters. The average Bonchev–Trinajstić information content (AvgIpc) is 3.15. The van der Waals surface area contributed by atoms with E-state index in [2.05, 4.69) is 29.4 Å². The molecule has 1 N–H and O–H groups in total. The maximum atomic E-state index is 12.2. The van der Waals surface area contributed by atoms with E-state index in [0.29, 0.717) is 11.0 Å². The van der Waals surface area contributed by atoms with E-state index in [1.165, 1.54) is 17.4 Å². The summed E-state index contributed by atoms with van der Waals surface area (Å²) in [5.41, 5.74) is 0.956. The van der Waals surface area contributed by atoms with Crippen LogP contribution >= 0.6 is 11.3 Å². The molecule has 1 aromatic heterocycles. The van der Waals surface area contributed by atoms with E-state index in [9.17, 15) is 4.79 Å². The van der Waals surface area contributed by atoms with Gasteiger partial charge in [-0.2, -0.15) is 0 Å². The predicted molar refractivity (Wildman–Crippen MR) is 111 cm³/mol. The second-order valence-electron chi connectivity index (χ2n) is 6.25. The molecule has 0 saturated carbocycles. The van der Waals surface area contributed by atoms with Gasteiger partial charge in [-0.15, -0.1) is 10.2 Å². The van der Waals surface area contributed by atoms with Crippen LogP contribution in [0, 0.1) is 0 Å². The molecule has 5 nitrogen and oxygen atoms in total. The number of carbonyl (C=O) groups is 1. The Bertz CT molecular complexity index is 961. The number of nitrogens with one attached hydrogen (secondary N) is 1. The molecule has 0 spiro atoms. The van der Waals surface area contributed by atoms with E-state index in [0.717, 1.165) is 39.9 Å². The molecule has 27 heavy (non-hydrogen) atoms. The van der Waals surface area contributed by atoms with Gasteiger partial charge in [-0.05, 0) is 53.5 Å². The smallest absolute Gasteiger partial charge is 0.250 e. The first kappa shape index (κ1) is 19.0. The molecule has 0 aliphatic rings. The van der Waals surface area contributed by atoms with Gasteiger partial charge >= 0.3 is 0 Å². The molecule has 1 heterocycles. The van der Waals surface area contributed by atoms with Crippen LogP contribution in [-0.4, -0.2) is 23.2 Å². The van der Waals surface area contributed by atoms with E-state index in [-0.39, 0.29) is 5.91 Å². The topological polar surface area (TPSA) is 64.1 Å². The van der Waals surface area contributed by atoms with Crippen molar-refractivity contribution in [3.63, 3.8) is 0 Å². The third-order valence-corrected chi connectivity index (χ3v) is 5.51. The Morgan fingerprint density at radius 3 is 2.63 bits per heavy atom. The molecular formula is C21H23N3O2S. The molecule has 2 aromatic carbocycles. The molecule has 0 aliphatic heterocycles. The van der Waals surface area contributed by atoms with Gasteiger partial charge in [-0.3, -0.25) is 10.1 Å². The zero-order chi connectivity index (χ0) is 19.2. The van der Waals surface area contributed by atoms with Gasteiger partial charge in [-0.25, -0.2) is 0 Å². The van der Waals surface area contributed by atoms with E-state index in [1.54, 1.807) is 13.2 Å². The van der Waals surface area contributed by atoms with Gasteiger partial charge in [0.15, 0.2) is 0 Å². The van der Waals surface area contributed by atoms with E-state index in [1.807, 2.05) is 36.4 Å². The van der Waals surface area contributed by atoms with Gasteiger partial charge in [0.2, 0.25) is 11.0 Å². The quantitative estimate of drug-likeness (QED) is 0.567. The maximum absolute atomic E-state index is 12.2. The van der Waals surface area contributed by atoms with E-state index in [4.69, 9.17) is 4.74 Å². The second-order valence-corrected chi connectivity index (χ2v) is 7.26. The van der Waals surface area contributed by atoms with Crippen molar-refractivity contribution < 1.29 is 9.53 Å². The van der Waals surface area contributed by atoms with Crippen molar-refractivity contribution in [1.29, 1.82) is 0 Å². The number of carbonyl (C=O) groups excluding carboxylic acids is 1. The highest BCUT2D eigenvalue weighted by atomic mass is 32.1. The Labute approximate surface area is 163 Å². The first-order chi connectivity index (χ1) is 13.1. The predicted octanol–water partition coefficient (Wildman–Crippen LogP) is 5.26. The Kier molecular flexibility index (Phi) is 6.19. The third-order valence-electron chi connectivity index (χ3n) is 4.50. The zero-order valence-corrected chi connectivity index (χ0v) is 16.5. The zero-order valence-electron chi connectivity index (χ0n) is 15.7. The van der Waals surface area contributed by atoms with Crippen molar-refractivity contribution in [3.8, 4) is 5.75 Å². The molecule has 0 aliphatic carbocycles. The molecule has 0 unspecified atom stereocenters. The fourth-order valence-corrected chi connectivity index (χ4v) is 3.89. The normalized spacial score (nSPS) is 11.4. The van der Waals surface area contributed by atoms with Crippen molar-refractivity contribution in [2.75, 3.05) is 12.4 Å². The number of aromatic nitrogens is 2. The largest absolute Gasteiger partial charge is 0.497 e. The summed E-state index contributed by atoms with van der Waals surface area (Å²) in [6, 6.07) is 11.9. The van der Waals surface area contributed by atoms with Crippen LogP contribution < -0.4 is 10.1 Å². The highest BCUT2D eigenvalue weighted by Crippen LogP contribution is 2.28. The van der Waals surface area contributed by atoms with E-state index >= 15 is 0 Å². The molecule has 6 heteroatoms. The molecule has 0 fully saturated rings. The van der Waals surface area contributed by atoms with Crippen LogP contribution in [0.2, 0.25) is 0 Å². The highest BCUT2D eigenvalue weighted by Gasteiger charge is 2.13. The van der Waals surface area contributed by atoms with Crippen LogP contribution in [0.25, 0.3) is 16.8 Å². The van der Waals surface area contributed by atoms with E-state index < -0.39 is 0 Å². The Hall–Kier alpha value is -2.73. The van der Waals surface area contributed by atoms with Gasteiger partial charge in [0.1, 0.15) is 10.8 Å². The first-order valence-electron chi connectivity index (χ1n) is 9.03. The van der Waals surface area contributed by atoms with Crippen molar-refractivity contribution in [3.05, 3.63) is 53.0 Å². The Morgan fingerprint density at radius 1 is 1.15 bits per heavy atom.